The molecule has 1 heterocycles. The van der Waals surface area contributed by atoms with E-state index in [4.69, 9.17) is 0 Å². The number of aromatic nitrogens is 1. The number of nitrogens with zero attached hydrogens (tertiary/aromatic N) is 2. The van der Waals surface area contributed by atoms with Crippen LogP contribution in [0.3, 0.4) is 0 Å². The molecule has 0 amide bonds. The molecule has 1 aromatic heterocycles. The van der Waals surface area contributed by atoms with Gasteiger partial charge in [-0.05, 0) is 51.5 Å². The number of nitrogens with one attached hydrogen (secondary N) is 1. The van der Waals surface area contributed by atoms with Gasteiger partial charge in [-0.1, -0.05) is 0 Å². The normalized spacial score (nSPS) is 18.6. The van der Waals surface area contributed by atoms with Crippen LogP contribution >= 0.6 is 0 Å². The van der Waals surface area contributed by atoms with Crippen LogP contribution in [-0.4, -0.2) is 24.1 Å². The van der Waals surface area contributed by atoms with E-state index in [-0.39, 0.29) is 0 Å². The predicted octanol–water partition coefficient (Wildman–Crippen LogP) is 2.88. The molecule has 0 aromatic carbocycles. The number of aryl methyl sites for hydroxylation is 1. The smallest absolute Gasteiger partial charge is 0.0445 e. The number of hydrogen-bond donors (Lipinski definition) is 1. The van der Waals surface area contributed by atoms with E-state index >= 15 is 0 Å². The van der Waals surface area contributed by atoms with Gasteiger partial charge in [-0.3, -0.25) is 4.98 Å². The molecular formula is C16H25N3. The van der Waals surface area contributed by atoms with Gasteiger partial charge in [0, 0.05) is 48.8 Å². The zero-order chi connectivity index (χ0) is 13.2. The van der Waals surface area contributed by atoms with Crippen molar-refractivity contribution >= 4 is 5.69 Å². The first-order valence-electron chi connectivity index (χ1n) is 7.70. The average molecular weight is 259 g/mol. The van der Waals surface area contributed by atoms with Crippen molar-refractivity contribution in [2.75, 3.05) is 18.0 Å². The van der Waals surface area contributed by atoms with Gasteiger partial charge in [-0.15, -0.1) is 0 Å². The molecular weight excluding hydrogens is 234 g/mol. The maximum Gasteiger partial charge on any atom is 0.0445 e. The topological polar surface area (TPSA) is 28.2 Å². The first-order chi connectivity index (χ1) is 9.26. The van der Waals surface area contributed by atoms with Gasteiger partial charge in [0.1, 0.15) is 0 Å². The van der Waals surface area contributed by atoms with Gasteiger partial charge in [0.05, 0.1) is 0 Å². The lowest BCUT2D eigenvalue weighted by Gasteiger charge is -2.26. The summed E-state index contributed by atoms with van der Waals surface area (Å²) >= 11 is 0. The van der Waals surface area contributed by atoms with Crippen molar-refractivity contribution in [1.29, 1.82) is 0 Å². The van der Waals surface area contributed by atoms with Crippen LogP contribution < -0.4 is 10.2 Å². The highest BCUT2D eigenvalue weighted by atomic mass is 15.1. The minimum atomic E-state index is 0.757. The molecule has 0 unspecified atom stereocenters. The maximum absolute atomic E-state index is 4.48. The third-order valence-electron chi connectivity index (χ3n) is 4.16. The van der Waals surface area contributed by atoms with Gasteiger partial charge in [0.25, 0.3) is 0 Å². The van der Waals surface area contributed by atoms with E-state index in [9.17, 15) is 0 Å². The van der Waals surface area contributed by atoms with Crippen LogP contribution in [0.5, 0.6) is 0 Å². The van der Waals surface area contributed by atoms with Gasteiger partial charge in [-0.25, -0.2) is 0 Å². The molecule has 0 bridgehead atoms. The third-order valence-corrected chi connectivity index (χ3v) is 4.16. The van der Waals surface area contributed by atoms with E-state index in [0.29, 0.717) is 0 Å². The van der Waals surface area contributed by atoms with Crippen LogP contribution in [-0.2, 0) is 6.54 Å². The molecule has 19 heavy (non-hydrogen) atoms. The molecule has 3 nitrogen and oxygen atoms in total. The van der Waals surface area contributed by atoms with Crippen LogP contribution in [0, 0.1) is 12.8 Å². The van der Waals surface area contributed by atoms with Crippen LogP contribution in [0.1, 0.15) is 43.9 Å². The Hall–Kier alpha value is -1.09. The van der Waals surface area contributed by atoms with Gasteiger partial charge in [0.15, 0.2) is 0 Å². The maximum atomic E-state index is 4.48. The highest BCUT2D eigenvalue weighted by Gasteiger charge is 2.25. The summed E-state index contributed by atoms with van der Waals surface area (Å²) in [4.78, 5) is 7.02. The molecule has 104 valence electrons. The first-order valence-corrected chi connectivity index (χ1v) is 7.70. The van der Waals surface area contributed by atoms with Crippen LogP contribution in [0.15, 0.2) is 12.3 Å². The molecule has 0 aliphatic heterocycles. The van der Waals surface area contributed by atoms with E-state index in [1.54, 1.807) is 0 Å². The van der Waals surface area contributed by atoms with Crippen LogP contribution in [0.25, 0.3) is 0 Å². The molecule has 2 aliphatic carbocycles. The fourth-order valence-corrected chi connectivity index (χ4v) is 2.56. The second kappa shape index (κ2) is 5.49. The van der Waals surface area contributed by atoms with Crippen molar-refractivity contribution < 1.29 is 0 Å². The number of pyridine rings is 1. The molecule has 0 saturated heterocycles. The summed E-state index contributed by atoms with van der Waals surface area (Å²) in [5.41, 5.74) is 3.88. The average Bonchev–Trinajstić information content (AvgIpc) is 3.28. The van der Waals surface area contributed by atoms with E-state index in [0.717, 1.165) is 30.7 Å². The predicted molar refractivity (Wildman–Crippen MR) is 79.4 cm³/mol. The molecule has 0 spiro atoms. The Labute approximate surface area is 116 Å². The largest absolute Gasteiger partial charge is 0.371 e. The van der Waals surface area contributed by atoms with Gasteiger partial charge < -0.3 is 10.2 Å². The highest BCUT2D eigenvalue weighted by molar-refractivity contribution is 5.53. The van der Waals surface area contributed by atoms with Crippen molar-refractivity contribution in [1.82, 2.24) is 10.3 Å². The Morgan fingerprint density at radius 2 is 2.11 bits per heavy atom. The lowest BCUT2D eigenvalue weighted by Crippen LogP contribution is -2.28. The summed E-state index contributed by atoms with van der Waals surface area (Å²) < 4.78 is 0. The Kier molecular flexibility index (Phi) is 3.74. The third kappa shape index (κ3) is 3.47. The highest BCUT2D eigenvalue weighted by Crippen LogP contribution is 2.32. The Morgan fingerprint density at radius 3 is 2.74 bits per heavy atom. The van der Waals surface area contributed by atoms with E-state index < -0.39 is 0 Å². The minimum Gasteiger partial charge on any atom is -0.371 e. The van der Waals surface area contributed by atoms with Crippen molar-refractivity contribution in [2.24, 2.45) is 5.92 Å². The zero-order valence-electron chi connectivity index (χ0n) is 12.2. The van der Waals surface area contributed by atoms with Gasteiger partial charge in [0.2, 0.25) is 0 Å². The summed E-state index contributed by atoms with van der Waals surface area (Å²) in [6, 6.07) is 3.02. The minimum absolute atomic E-state index is 0.757. The summed E-state index contributed by atoms with van der Waals surface area (Å²) in [6.45, 7) is 7.63. The number of hydrogen-bond acceptors (Lipinski definition) is 3. The van der Waals surface area contributed by atoms with Gasteiger partial charge in [-0.2, -0.15) is 0 Å². The second-order valence-corrected chi connectivity index (χ2v) is 6.09. The van der Waals surface area contributed by atoms with Crippen molar-refractivity contribution in [3.63, 3.8) is 0 Å². The quantitative estimate of drug-likeness (QED) is 0.816. The van der Waals surface area contributed by atoms with E-state index in [2.05, 4.69) is 41.3 Å². The van der Waals surface area contributed by atoms with Crippen molar-refractivity contribution in [3.05, 3.63) is 23.5 Å². The van der Waals surface area contributed by atoms with E-state index in [1.165, 1.54) is 43.5 Å². The van der Waals surface area contributed by atoms with Crippen molar-refractivity contribution in [2.45, 2.75) is 52.1 Å². The molecule has 0 radical (unpaired) electrons. The molecule has 1 N–H and O–H groups in total. The second-order valence-electron chi connectivity index (χ2n) is 6.09. The number of rotatable bonds is 7. The summed E-state index contributed by atoms with van der Waals surface area (Å²) in [6.07, 6.45) is 7.57. The van der Waals surface area contributed by atoms with E-state index in [1.807, 2.05) is 0 Å². The zero-order valence-corrected chi connectivity index (χ0v) is 12.2. The summed E-state index contributed by atoms with van der Waals surface area (Å²) in [5, 5.41) is 3.61. The summed E-state index contributed by atoms with van der Waals surface area (Å²) in [5.74, 6) is 0.928. The summed E-state index contributed by atoms with van der Waals surface area (Å²) in [7, 11) is 0. The Morgan fingerprint density at radius 1 is 1.32 bits per heavy atom. The van der Waals surface area contributed by atoms with Gasteiger partial charge >= 0.3 is 0 Å². The van der Waals surface area contributed by atoms with Crippen LogP contribution in [0.4, 0.5) is 5.69 Å². The van der Waals surface area contributed by atoms with Crippen LogP contribution in [0.2, 0.25) is 0 Å². The monoisotopic (exact) mass is 259 g/mol. The Bertz CT molecular complexity index is 436. The molecule has 3 rings (SSSR count). The number of anilines is 1. The lowest BCUT2D eigenvalue weighted by molar-refractivity contribution is 0.676. The molecule has 1 aromatic rings. The lowest BCUT2D eigenvalue weighted by atomic mass is 10.1. The first kappa shape index (κ1) is 12.9. The fourth-order valence-electron chi connectivity index (χ4n) is 2.56. The molecule has 2 aliphatic rings. The molecule has 0 atom stereocenters. The molecule has 2 saturated carbocycles. The molecule has 2 fully saturated rings. The fraction of sp³-hybridized carbons (Fsp3) is 0.688. The SMILES string of the molecule is CCN(CC1CC1)c1cc(C)ncc1CNC1CC1. The molecule has 3 heteroatoms. The Balaban J connectivity index is 1.75. The van der Waals surface area contributed by atoms with Crippen molar-refractivity contribution in [3.8, 4) is 0 Å². The standard InChI is InChI=1S/C16H25N3/c1-3-19(11-13-4-5-13)16-8-12(2)17-9-14(16)10-18-15-6-7-15/h8-9,13,15,18H,3-7,10-11H2,1-2H3.